The first kappa shape index (κ1) is 22.7. The Balaban J connectivity index is 2.06. The summed E-state index contributed by atoms with van der Waals surface area (Å²) in [5.74, 6) is -7.61. The Morgan fingerprint density at radius 3 is 1.60 bits per heavy atom. The molecule has 0 atom stereocenters. The van der Waals surface area contributed by atoms with Gasteiger partial charge in [-0.25, -0.2) is 30.7 Å². The maximum atomic E-state index is 15.2. The molecule has 0 radical (unpaired) electrons. The van der Waals surface area contributed by atoms with E-state index in [9.17, 15) is 22.0 Å². The van der Waals surface area contributed by atoms with Crippen molar-refractivity contribution in [3.63, 3.8) is 0 Å². The lowest BCUT2D eigenvalue weighted by atomic mass is 9.85. The summed E-state index contributed by atoms with van der Waals surface area (Å²) in [5, 5.41) is -0.327. The number of benzene rings is 5. The molecule has 0 aromatic heterocycles. The van der Waals surface area contributed by atoms with Crippen LogP contribution >= 0.6 is 0 Å². The van der Waals surface area contributed by atoms with Crippen LogP contribution in [0.15, 0.2) is 60.7 Å². The van der Waals surface area contributed by atoms with Crippen LogP contribution in [0, 0.1) is 40.7 Å². The van der Waals surface area contributed by atoms with E-state index in [2.05, 4.69) is 0 Å². The highest BCUT2D eigenvalue weighted by Gasteiger charge is 2.25. The number of rotatable bonds is 3. The van der Waals surface area contributed by atoms with Crippen LogP contribution in [-0.4, -0.2) is 7.11 Å². The van der Waals surface area contributed by atoms with E-state index in [4.69, 9.17) is 4.74 Å². The van der Waals surface area contributed by atoms with Gasteiger partial charge in [-0.1, -0.05) is 6.07 Å². The average molecular weight is 486 g/mol. The van der Waals surface area contributed by atoms with E-state index in [1.54, 1.807) is 0 Å². The molecule has 5 rings (SSSR count). The standard InChI is InChI=1S/C27H13F7O/c1-35-14-8-23(33)27(24(34)9-14)26-15-4-2-12(28)6-17(15)25(16-5-3-13(29)7-20(16)30)18-10-21(31)22(32)11-19(18)26/h2-11H,1H3. The van der Waals surface area contributed by atoms with Crippen molar-refractivity contribution in [1.29, 1.82) is 0 Å². The fourth-order valence-electron chi connectivity index (χ4n) is 4.35. The third-order valence-corrected chi connectivity index (χ3v) is 5.82. The Hall–Kier alpha value is -4.07. The number of methoxy groups -OCH3 is 1. The maximum Gasteiger partial charge on any atom is 0.159 e. The van der Waals surface area contributed by atoms with E-state index < -0.39 is 46.3 Å². The van der Waals surface area contributed by atoms with Crippen molar-refractivity contribution in [1.82, 2.24) is 0 Å². The van der Waals surface area contributed by atoms with Gasteiger partial charge in [0.1, 0.15) is 34.8 Å². The van der Waals surface area contributed by atoms with Gasteiger partial charge >= 0.3 is 0 Å². The van der Waals surface area contributed by atoms with Crippen LogP contribution in [0.5, 0.6) is 5.75 Å². The highest BCUT2D eigenvalue weighted by molar-refractivity contribution is 6.21. The molecule has 0 spiro atoms. The Kier molecular flexibility index (Phi) is 5.39. The van der Waals surface area contributed by atoms with Crippen molar-refractivity contribution >= 4 is 21.5 Å². The third kappa shape index (κ3) is 3.65. The summed E-state index contributed by atoms with van der Waals surface area (Å²) in [6.07, 6.45) is 0. The van der Waals surface area contributed by atoms with Gasteiger partial charge in [0, 0.05) is 34.9 Å². The van der Waals surface area contributed by atoms with Gasteiger partial charge in [0.25, 0.3) is 0 Å². The van der Waals surface area contributed by atoms with E-state index in [1.165, 1.54) is 13.2 Å². The second kappa shape index (κ2) is 8.30. The molecule has 0 bridgehead atoms. The molecule has 0 aliphatic rings. The Morgan fingerprint density at radius 1 is 0.457 bits per heavy atom. The molecule has 0 N–H and O–H groups in total. The largest absolute Gasteiger partial charge is 0.497 e. The molecule has 35 heavy (non-hydrogen) atoms. The van der Waals surface area contributed by atoms with Crippen molar-refractivity contribution in [3.8, 4) is 28.0 Å². The van der Waals surface area contributed by atoms with Crippen molar-refractivity contribution in [2.24, 2.45) is 0 Å². The van der Waals surface area contributed by atoms with Gasteiger partial charge in [0.2, 0.25) is 0 Å². The summed E-state index contributed by atoms with van der Waals surface area (Å²) in [6, 6.07) is 9.09. The van der Waals surface area contributed by atoms with Gasteiger partial charge in [0.15, 0.2) is 11.6 Å². The predicted molar refractivity (Wildman–Crippen MR) is 119 cm³/mol. The zero-order valence-electron chi connectivity index (χ0n) is 17.8. The lowest BCUT2D eigenvalue weighted by Crippen LogP contribution is -1.99. The highest BCUT2D eigenvalue weighted by atomic mass is 19.2. The van der Waals surface area contributed by atoms with Gasteiger partial charge in [0.05, 0.1) is 12.7 Å². The minimum atomic E-state index is -1.32. The Morgan fingerprint density at radius 2 is 1.00 bits per heavy atom. The Labute approximate surface area is 194 Å². The monoisotopic (exact) mass is 486 g/mol. The van der Waals surface area contributed by atoms with Gasteiger partial charge in [-0.15, -0.1) is 0 Å². The molecule has 5 aromatic carbocycles. The van der Waals surface area contributed by atoms with E-state index in [1.807, 2.05) is 0 Å². The van der Waals surface area contributed by atoms with Gasteiger partial charge in [-0.05, 0) is 57.9 Å². The number of halogens is 7. The van der Waals surface area contributed by atoms with E-state index in [0.717, 1.165) is 48.5 Å². The zero-order chi connectivity index (χ0) is 25.0. The Bertz CT molecular complexity index is 1640. The van der Waals surface area contributed by atoms with E-state index >= 15 is 8.78 Å². The molecule has 5 aromatic rings. The first-order valence-corrected chi connectivity index (χ1v) is 10.2. The molecule has 0 fully saturated rings. The first-order valence-electron chi connectivity index (χ1n) is 10.2. The van der Waals surface area contributed by atoms with Crippen molar-refractivity contribution in [3.05, 3.63) is 101 Å². The molecule has 1 nitrogen and oxygen atoms in total. The molecule has 0 aliphatic carbocycles. The van der Waals surface area contributed by atoms with Gasteiger partial charge in [-0.3, -0.25) is 0 Å². The van der Waals surface area contributed by atoms with Crippen LogP contribution in [0.2, 0.25) is 0 Å². The predicted octanol–water partition coefficient (Wildman–Crippen LogP) is 8.31. The first-order chi connectivity index (χ1) is 16.7. The molecular weight excluding hydrogens is 473 g/mol. The third-order valence-electron chi connectivity index (χ3n) is 5.82. The van der Waals surface area contributed by atoms with Crippen LogP contribution in [-0.2, 0) is 0 Å². The molecule has 8 heteroatoms. The second-order valence-corrected chi connectivity index (χ2v) is 7.84. The maximum absolute atomic E-state index is 15.2. The molecule has 0 saturated carbocycles. The molecule has 0 saturated heterocycles. The van der Waals surface area contributed by atoms with Gasteiger partial charge in [-0.2, -0.15) is 0 Å². The minimum absolute atomic E-state index is 0.0339. The number of fused-ring (bicyclic) bond motifs is 2. The quantitative estimate of drug-likeness (QED) is 0.184. The molecule has 0 unspecified atom stereocenters. The van der Waals surface area contributed by atoms with Crippen LogP contribution in [0.1, 0.15) is 0 Å². The summed E-state index contributed by atoms with van der Waals surface area (Å²) < 4.78 is 107. The van der Waals surface area contributed by atoms with Gasteiger partial charge < -0.3 is 4.74 Å². The summed E-state index contributed by atoms with van der Waals surface area (Å²) in [6.45, 7) is 0. The lowest BCUT2D eigenvalue weighted by Gasteiger charge is -2.19. The average Bonchev–Trinajstić information content (AvgIpc) is 2.80. The smallest absolute Gasteiger partial charge is 0.159 e. The van der Waals surface area contributed by atoms with Crippen molar-refractivity contribution in [2.75, 3.05) is 7.11 Å². The fraction of sp³-hybridized carbons (Fsp3) is 0.0370. The highest BCUT2D eigenvalue weighted by Crippen LogP contribution is 2.46. The molecule has 0 aliphatic heterocycles. The van der Waals surface area contributed by atoms with Crippen LogP contribution in [0.3, 0.4) is 0 Å². The SMILES string of the molecule is COc1cc(F)c(-c2c3ccc(F)cc3c(-c3ccc(F)cc3F)c3cc(F)c(F)cc23)c(F)c1. The molecule has 0 amide bonds. The minimum Gasteiger partial charge on any atom is -0.497 e. The fourth-order valence-corrected chi connectivity index (χ4v) is 4.35. The zero-order valence-corrected chi connectivity index (χ0v) is 17.8. The molecule has 0 heterocycles. The molecule has 176 valence electrons. The number of hydrogen-bond acceptors (Lipinski definition) is 1. The van der Waals surface area contributed by atoms with Crippen LogP contribution in [0.4, 0.5) is 30.7 Å². The van der Waals surface area contributed by atoms with E-state index in [-0.39, 0.29) is 44.0 Å². The molecular formula is C27H13F7O. The summed E-state index contributed by atoms with van der Waals surface area (Å²) >= 11 is 0. The summed E-state index contributed by atoms with van der Waals surface area (Å²) in [5.41, 5.74) is -1.12. The van der Waals surface area contributed by atoms with Crippen LogP contribution < -0.4 is 4.74 Å². The summed E-state index contributed by atoms with van der Waals surface area (Å²) in [4.78, 5) is 0. The number of ether oxygens (including phenoxy) is 1. The normalized spacial score (nSPS) is 11.4. The van der Waals surface area contributed by atoms with Crippen molar-refractivity contribution < 1.29 is 35.5 Å². The topological polar surface area (TPSA) is 9.23 Å². The van der Waals surface area contributed by atoms with E-state index in [0.29, 0.717) is 6.07 Å². The van der Waals surface area contributed by atoms with Crippen LogP contribution in [0.25, 0.3) is 43.8 Å². The lowest BCUT2D eigenvalue weighted by molar-refractivity contribution is 0.407. The number of hydrogen-bond donors (Lipinski definition) is 0. The van der Waals surface area contributed by atoms with Crippen molar-refractivity contribution in [2.45, 2.75) is 0 Å². The summed E-state index contributed by atoms with van der Waals surface area (Å²) in [7, 11) is 1.21. The second-order valence-electron chi connectivity index (χ2n) is 7.84.